The van der Waals surface area contributed by atoms with Gasteiger partial charge in [-0.3, -0.25) is 0 Å². The van der Waals surface area contributed by atoms with Crippen molar-refractivity contribution in [3.63, 3.8) is 0 Å². The van der Waals surface area contributed by atoms with E-state index in [2.05, 4.69) is 59.0 Å². The van der Waals surface area contributed by atoms with E-state index in [9.17, 15) is 0 Å². The summed E-state index contributed by atoms with van der Waals surface area (Å²) in [5, 5.41) is 5.59. The molecule has 0 saturated heterocycles. The Balaban J connectivity index is 0.00000121. The molecule has 2 heteroatoms. The van der Waals surface area contributed by atoms with E-state index in [1.54, 1.807) is 0 Å². The molecule has 1 aromatic carbocycles. The first-order valence-corrected chi connectivity index (χ1v) is 6.74. The van der Waals surface area contributed by atoms with Crippen LogP contribution >= 0.6 is 15.9 Å². The van der Waals surface area contributed by atoms with Crippen LogP contribution in [0.25, 0.3) is 12.2 Å². The summed E-state index contributed by atoms with van der Waals surface area (Å²) in [6.45, 7) is 9.85. The van der Waals surface area contributed by atoms with Crippen molar-refractivity contribution in [1.29, 1.82) is 0 Å². The lowest BCUT2D eigenvalue weighted by Gasteiger charge is -2.02. The van der Waals surface area contributed by atoms with Crippen molar-refractivity contribution >= 4 is 28.1 Å². The van der Waals surface area contributed by atoms with Crippen molar-refractivity contribution in [1.82, 2.24) is 5.32 Å². The molecule has 1 N–H and O–H groups in total. The molecule has 0 fully saturated rings. The first-order chi connectivity index (χ1) is 8.17. The van der Waals surface area contributed by atoms with Gasteiger partial charge in [-0.2, -0.15) is 0 Å². The van der Waals surface area contributed by atoms with Crippen LogP contribution in [0.3, 0.4) is 0 Å². The molecule has 1 rings (SSSR count). The lowest BCUT2D eigenvalue weighted by atomic mass is 10.2. The van der Waals surface area contributed by atoms with E-state index in [1.807, 2.05) is 33.0 Å². The third-order valence-corrected chi connectivity index (χ3v) is 2.72. The van der Waals surface area contributed by atoms with Gasteiger partial charge in [0.1, 0.15) is 0 Å². The van der Waals surface area contributed by atoms with Crippen molar-refractivity contribution in [2.24, 2.45) is 0 Å². The summed E-state index contributed by atoms with van der Waals surface area (Å²) in [7, 11) is 1.96. The van der Waals surface area contributed by atoms with Gasteiger partial charge in [-0.25, -0.2) is 0 Å². The summed E-state index contributed by atoms with van der Waals surface area (Å²) in [5.41, 5.74) is 0. The van der Waals surface area contributed by atoms with Crippen LogP contribution in [-0.2, 0) is 0 Å². The Bertz CT molecular complexity index is 448. The fourth-order valence-electron chi connectivity index (χ4n) is 1.32. The molecular formula is C15H22BrN. The molecule has 17 heavy (non-hydrogen) atoms. The van der Waals surface area contributed by atoms with E-state index >= 15 is 0 Å². The molecular weight excluding hydrogens is 274 g/mol. The van der Waals surface area contributed by atoms with Crippen LogP contribution in [0.5, 0.6) is 0 Å². The number of hydrogen-bond donors (Lipinski definition) is 1. The van der Waals surface area contributed by atoms with E-state index in [0.29, 0.717) is 6.04 Å². The molecule has 0 saturated carbocycles. The predicted molar refractivity (Wildman–Crippen MR) is 82.4 cm³/mol. The van der Waals surface area contributed by atoms with Gasteiger partial charge < -0.3 is 5.32 Å². The highest BCUT2D eigenvalue weighted by Gasteiger charge is 1.92. The molecule has 0 aliphatic carbocycles. The third kappa shape index (κ3) is 5.85. The van der Waals surface area contributed by atoms with Crippen LogP contribution in [0.15, 0.2) is 35.3 Å². The summed E-state index contributed by atoms with van der Waals surface area (Å²) in [6.07, 6.45) is 6.02. The van der Waals surface area contributed by atoms with Gasteiger partial charge >= 0.3 is 0 Å². The summed E-state index contributed by atoms with van der Waals surface area (Å²) < 4.78 is 1.09. The van der Waals surface area contributed by atoms with Gasteiger partial charge in [0, 0.05) is 10.5 Å². The maximum Gasteiger partial charge on any atom is 0.0227 e. The SMILES string of the molecule is C=C/C=c1/cc(Br)cc/c1=C/C(C)NC.CC. The summed E-state index contributed by atoms with van der Waals surface area (Å²) in [6, 6.07) is 6.61. The zero-order valence-electron chi connectivity index (χ0n) is 11.1. The second kappa shape index (κ2) is 9.20. The summed E-state index contributed by atoms with van der Waals surface area (Å²) in [4.78, 5) is 0. The zero-order valence-corrected chi connectivity index (χ0v) is 12.7. The molecule has 1 nitrogen and oxygen atoms in total. The molecule has 94 valence electrons. The van der Waals surface area contributed by atoms with Gasteiger partial charge in [0.2, 0.25) is 0 Å². The third-order valence-electron chi connectivity index (χ3n) is 2.23. The Labute approximate surface area is 113 Å². The number of halogens is 1. The quantitative estimate of drug-likeness (QED) is 0.904. The fraction of sp³-hybridized carbons (Fsp3) is 0.333. The minimum Gasteiger partial charge on any atom is -0.314 e. The van der Waals surface area contributed by atoms with Crippen LogP contribution in [0, 0.1) is 0 Å². The van der Waals surface area contributed by atoms with Crippen LogP contribution in [0.1, 0.15) is 20.8 Å². The highest BCUT2D eigenvalue weighted by molar-refractivity contribution is 9.10. The van der Waals surface area contributed by atoms with Gasteiger partial charge in [0.05, 0.1) is 0 Å². The molecule has 0 heterocycles. The summed E-state index contributed by atoms with van der Waals surface area (Å²) >= 11 is 3.47. The lowest BCUT2D eigenvalue weighted by molar-refractivity contribution is 0.758. The number of rotatable bonds is 3. The molecule has 0 radical (unpaired) electrons. The topological polar surface area (TPSA) is 12.0 Å². The van der Waals surface area contributed by atoms with Gasteiger partial charge in [0.15, 0.2) is 0 Å². The second-order valence-electron chi connectivity index (χ2n) is 3.42. The maximum atomic E-state index is 3.73. The number of benzene rings is 1. The molecule has 0 aliphatic rings. The van der Waals surface area contributed by atoms with Crippen LogP contribution < -0.4 is 15.8 Å². The van der Waals surface area contributed by atoms with Crippen molar-refractivity contribution in [3.05, 3.63) is 45.8 Å². The predicted octanol–water partition coefficient (Wildman–Crippen LogP) is 2.83. The van der Waals surface area contributed by atoms with E-state index < -0.39 is 0 Å². The fourth-order valence-corrected chi connectivity index (χ4v) is 1.70. The zero-order chi connectivity index (χ0) is 13.3. The first kappa shape index (κ1) is 16.1. The second-order valence-corrected chi connectivity index (χ2v) is 4.34. The highest BCUT2D eigenvalue weighted by atomic mass is 79.9. The van der Waals surface area contributed by atoms with Crippen molar-refractivity contribution in [2.75, 3.05) is 7.05 Å². The Kier molecular flexibility index (Phi) is 8.73. The van der Waals surface area contributed by atoms with E-state index in [4.69, 9.17) is 0 Å². The standard InChI is InChI=1S/C13H16BrN.C2H6/c1-4-5-11-9-13(14)7-6-12(11)8-10(2)15-3;1-2/h4-10,15H,1H2,2-3H3;1-2H3/b11-5-,12-8-;. The molecule has 1 unspecified atom stereocenters. The Hall–Kier alpha value is -0.860. The summed E-state index contributed by atoms with van der Waals surface area (Å²) in [5.74, 6) is 0. The number of nitrogens with one attached hydrogen (secondary N) is 1. The smallest absolute Gasteiger partial charge is 0.0227 e. The van der Waals surface area contributed by atoms with Crippen LogP contribution in [0.4, 0.5) is 0 Å². The van der Waals surface area contributed by atoms with Gasteiger partial charge in [-0.1, -0.05) is 60.7 Å². The average molecular weight is 296 g/mol. The van der Waals surface area contributed by atoms with Gasteiger partial charge in [-0.15, -0.1) is 0 Å². The Morgan fingerprint density at radius 1 is 1.29 bits per heavy atom. The van der Waals surface area contributed by atoms with Crippen LogP contribution in [-0.4, -0.2) is 13.1 Å². The first-order valence-electron chi connectivity index (χ1n) is 5.95. The maximum absolute atomic E-state index is 3.73. The van der Waals surface area contributed by atoms with E-state index in [-0.39, 0.29) is 0 Å². The molecule has 1 aromatic rings. The molecule has 0 spiro atoms. The lowest BCUT2D eigenvalue weighted by Crippen LogP contribution is -2.29. The highest BCUT2D eigenvalue weighted by Crippen LogP contribution is 2.01. The van der Waals surface area contributed by atoms with Crippen molar-refractivity contribution < 1.29 is 0 Å². The monoisotopic (exact) mass is 295 g/mol. The minimum absolute atomic E-state index is 0.364. The Morgan fingerprint density at radius 2 is 1.94 bits per heavy atom. The Morgan fingerprint density at radius 3 is 2.47 bits per heavy atom. The molecule has 1 atom stereocenters. The minimum atomic E-state index is 0.364. The molecule has 0 aliphatic heterocycles. The van der Waals surface area contributed by atoms with Gasteiger partial charge in [0.25, 0.3) is 0 Å². The normalized spacial score (nSPS) is 13.9. The number of hydrogen-bond acceptors (Lipinski definition) is 1. The van der Waals surface area contributed by atoms with E-state index in [0.717, 1.165) is 4.47 Å². The van der Waals surface area contributed by atoms with Gasteiger partial charge in [-0.05, 0) is 36.5 Å². The molecule has 0 amide bonds. The van der Waals surface area contributed by atoms with Crippen molar-refractivity contribution in [3.8, 4) is 0 Å². The number of allylic oxidation sites excluding steroid dienone is 1. The average Bonchev–Trinajstić information content (AvgIpc) is 2.35. The molecule has 0 aromatic heterocycles. The molecule has 0 bridgehead atoms. The van der Waals surface area contributed by atoms with Crippen molar-refractivity contribution in [2.45, 2.75) is 26.8 Å². The van der Waals surface area contributed by atoms with Crippen LogP contribution in [0.2, 0.25) is 0 Å². The largest absolute Gasteiger partial charge is 0.314 e. The van der Waals surface area contributed by atoms with E-state index in [1.165, 1.54) is 10.4 Å².